The van der Waals surface area contributed by atoms with Gasteiger partial charge in [-0.15, -0.1) is 0 Å². The first-order chi connectivity index (χ1) is 16.0. The van der Waals surface area contributed by atoms with E-state index < -0.39 is 5.97 Å². The van der Waals surface area contributed by atoms with Crippen molar-refractivity contribution in [3.05, 3.63) is 81.5 Å². The number of carbonyl (C=O) groups is 2. The highest BCUT2D eigenvalue weighted by Crippen LogP contribution is 2.42. The van der Waals surface area contributed by atoms with Crippen LogP contribution in [0.3, 0.4) is 0 Å². The fourth-order valence-corrected chi connectivity index (χ4v) is 3.85. The molecule has 0 N–H and O–H groups in total. The lowest BCUT2D eigenvalue weighted by molar-refractivity contribution is 0.0733. The van der Waals surface area contributed by atoms with Gasteiger partial charge in [-0.05, 0) is 58.4 Å². The second kappa shape index (κ2) is 9.38. The normalized spacial score (nSPS) is 13.3. The minimum absolute atomic E-state index is 0.102. The summed E-state index contributed by atoms with van der Waals surface area (Å²) in [6, 6.07) is 15.0. The fraction of sp³-hybridized carbons (Fsp3) is 0.120. The Balaban J connectivity index is 1.61. The number of methoxy groups -OCH3 is 3. The number of benzene rings is 3. The van der Waals surface area contributed by atoms with Crippen LogP contribution < -0.4 is 23.7 Å². The molecule has 0 atom stereocenters. The van der Waals surface area contributed by atoms with Crippen LogP contribution in [0.1, 0.15) is 26.3 Å². The van der Waals surface area contributed by atoms with Gasteiger partial charge in [0.15, 0.2) is 17.3 Å². The molecule has 0 amide bonds. The molecule has 0 aromatic heterocycles. The van der Waals surface area contributed by atoms with Crippen LogP contribution >= 0.6 is 15.9 Å². The van der Waals surface area contributed by atoms with Gasteiger partial charge in [-0.2, -0.15) is 0 Å². The standard InChI is InChI=1S/C25H19BrO7/c1-29-19-11-8-14(23(30-2)24(19)31-3)12-21-22(27)17-10-9-15(13-20(17)33-21)32-25(28)16-6-4-5-7-18(16)26/h4-13H,1-3H3. The highest BCUT2D eigenvalue weighted by Gasteiger charge is 2.29. The summed E-state index contributed by atoms with van der Waals surface area (Å²) >= 11 is 3.33. The van der Waals surface area contributed by atoms with Crippen LogP contribution in [0, 0.1) is 0 Å². The number of carbonyl (C=O) groups excluding carboxylic acids is 2. The van der Waals surface area contributed by atoms with Gasteiger partial charge in [0, 0.05) is 16.1 Å². The fourth-order valence-electron chi connectivity index (χ4n) is 3.40. The summed E-state index contributed by atoms with van der Waals surface area (Å²) in [5, 5.41) is 0. The molecule has 0 bridgehead atoms. The lowest BCUT2D eigenvalue weighted by Gasteiger charge is -2.14. The number of esters is 1. The molecule has 0 fully saturated rings. The lowest BCUT2D eigenvalue weighted by atomic mass is 10.1. The third-order valence-electron chi connectivity index (χ3n) is 4.97. The van der Waals surface area contributed by atoms with Gasteiger partial charge in [-0.3, -0.25) is 4.79 Å². The van der Waals surface area contributed by atoms with Crippen molar-refractivity contribution in [3.8, 4) is 28.7 Å². The molecule has 168 valence electrons. The van der Waals surface area contributed by atoms with Crippen LogP contribution in [0.4, 0.5) is 0 Å². The molecule has 0 radical (unpaired) electrons. The van der Waals surface area contributed by atoms with E-state index in [1.54, 1.807) is 54.6 Å². The molecule has 4 rings (SSSR count). The number of ether oxygens (including phenoxy) is 5. The predicted octanol–water partition coefficient (Wildman–Crippen LogP) is 5.31. The molecular formula is C25H19BrO7. The van der Waals surface area contributed by atoms with Crippen molar-refractivity contribution in [2.45, 2.75) is 0 Å². The lowest BCUT2D eigenvalue weighted by Crippen LogP contribution is -2.09. The van der Waals surface area contributed by atoms with Crippen LogP contribution in [0.5, 0.6) is 28.7 Å². The molecule has 1 aliphatic heterocycles. The topological polar surface area (TPSA) is 80.3 Å². The third-order valence-corrected chi connectivity index (χ3v) is 5.66. The molecule has 1 heterocycles. The van der Waals surface area contributed by atoms with Gasteiger partial charge < -0.3 is 23.7 Å². The molecule has 7 nitrogen and oxygen atoms in total. The zero-order valence-corrected chi connectivity index (χ0v) is 19.6. The number of fused-ring (bicyclic) bond motifs is 1. The zero-order chi connectivity index (χ0) is 23.5. The van der Waals surface area contributed by atoms with Crippen molar-refractivity contribution in [2.75, 3.05) is 21.3 Å². The Labute approximate surface area is 198 Å². The Bertz CT molecular complexity index is 1280. The van der Waals surface area contributed by atoms with Gasteiger partial charge >= 0.3 is 5.97 Å². The second-order valence-electron chi connectivity index (χ2n) is 6.89. The van der Waals surface area contributed by atoms with Crippen LogP contribution in [-0.2, 0) is 0 Å². The maximum atomic E-state index is 12.9. The molecule has 0 unspecified atom stereocenters. The van der Waals surface area contributed by atoms with E-state index in [-0.39, 0.29) is 17.3 Å². The Morgan fingerprint density at radius 2 is 1.70 bits per heavy atom. The van der Waals surface area contributed by atoms with E-state index in [9.17, 15) is 9.59 Å². The average molecular weight is 511 g/mol. The van der Waals surface area contributed by atoms with Gasteiger partial charge in [0.1, 0.15) is 11.5 Å². The van der Waals surface area contributed by atoms with Crippen molar-refractivity contribution in [1.29, 1.82) is 0 Å². The molecule has 1 aliphatic rings. The monoisotopic (exact) mass is 510 g/mol. The summed E-state index contributed by atoms with van der Waals surface area (Å²) < 4.78 is 28.0. The highest BCUT2D eigenvalue weighted by molar-refractivity contribution is 9.10. The zero-order valence-electron chi connectivity index (χ0n) is 18.0. The summed E-state index contributed by atoms with van der Waals surface area (Å²) in [6.07, 6.45) is 1.57. The summed E-state index contributed by atoms with van der Waals surface area (Å²) in [5.41, 5.74) is 1.32. The number of ketones is 1. The largest absolute Gasteiger partial charge is 0.493 e. The molecule has 0 saturated heterocycles. The molecule has 3 aromatic rings. The van der Waals surface area contributed by atoms with Crippen LogP contribution in [-0.4, -0.2) is 33.1 Å². The number of halogens is 1. The summed E-state index contributed by atoms with van der Waals surface area (Å²) in [6.45, 7) is 0. The van der Waals surface area contributed by atoms with E-state index in [4.69, 9.17) is 23.7 Å². The van der Waals surface area contributed by atoms with Gasteiger partial charge in [0.2, 0.25) is 11.5 Å². The minimum Gasteiger partial charge on any atom is -0.493 e. The number of Topliss-reactive ketones (excluding diaryl/α,β-unsaturated/α-hetero) is 1. The Morgan fingerprint density at radius 3 is 2.39 bits per heavy atom. The van der Waals surface area contributed by atoms with Gasteiger partial charge in [0.05, 0.1) is 32.5 Å². The summed E-state index contributed by atoms with van der Waals surface area (Å²) in [4.78, 5) is 25.4. The molecule has 0 spiro atoms. The van der Waals surface area contributed by atoms with Crippen LogP contribution in [0.15, 0.2) is 64.8 Å². The summed E-state index contributed by atoms with van der Waals surface area (Å²) in [5.74, 6) is 1.12. The van der Waals surface area contributed by atoms with Gasteiger partial charge in [-0.1, -0.05) is 12.1 Å². The molecule has 33 heavy (non-hydrogen) atoms. The van der Waals surface area contributed by atoms with E-state index in [1.807, 2.05) is 0 Å². The molecular weight excluding hydrogens is 492 g/mol. The van der Waals surface area contributed by atoms with Crippen LogP contribution in [0.2, 0.25) is 0 Å². The van der Waals surface area contributed by atoms with Crippen molar-refractivity contribution in [1.82, 2.24) is 0 Å². The van der Waals surface area contributed by atoms with Crippen molar-refractivity contribution in [2.24, 2.45) is 0 Å². The molecule has 0 aliphatic carbocycles. The SMILES string of the molecule is COc1ccc(C=C2Oc3cc(OC(=O)c4ccccc4Br)ccc3C2=O)c(OC)c1OC. The Hall–Kier alpha value is -3.78. The second-order valence-corrected chi connectivity index (χ2v) is 7.74. The Morgan fingerprint density at radius 1 is 0.939 bits per heavy atom. The maximum Gasteiger partial charge on any atom is 0.344 e. The van der Waals surface area contributed by atoms with Crippen LogP contribution in [0.25, 0.3) is 6.08 Å². The minimum atomic E-state index is -0.530. The van der Waals surface area contributed by atoms with E-state index in [0.717, 1.165) is 0 Å². The predicted molar refractivity (Wildman–Crippen MR) is 125 cm³/mol. The van der Waals surface area contributed by atoms with E-state index >= 15 is 0 Å². The first-order valence-electron chi connectivity index (χ1n) is 9.80. The Kier molecular flexibility index (Phi) is 6.37. The number of hydrogen-bond acceptors (Lipinski definition) is 7. The first-order valence-corrected chi connectivity index (χ1v) is 10.6. The molecule has 0 saturated carbocycles. The molecule has 8 heteroatoms. The first kappa shape index (κ1) is 22.4. The van der Waals surface area contributed by atoms with E-state index in [0.29, 0.717) is 44.2 Å². The summed E-state index contributed by atoms with van der Waals surface area (Å²) in [7, 11) is 4.52. The average Bonchev–Trinajstić information content (AvgIpc) is 3.13. The van der Waals surface area contributed by atoms with E-state index in [1.165, 1.54) is 27.4 Å². The molecule has 3 aromatic carbocycles. The van der Waals surface area contributed by atoms with Gasteiger partial charge in [-0.25, -0.2) is 4.79 Å². The number of hydrogen-bond donors (Lipinski definition) is 0. The quantitative estimate of drug-likeness (QED) is 0.252. The van der Waals surface area contributed by atoms with Gasteiger partial charge in [0.25, 0.3) is 0 Å². The number of allylic oxidation sites excluding steroid dienone is 1. The van der Waals surface area contributed by atoms with Crippen molar-refractivity contribution >= 4 is 33.8 Å². The van der Waals surface area contributed by atoms with Crippen molar-refractivity contribution in [3.63, 3.8) is 0 Å². The third kappa shape index (κ3) is 4.29. The highest BCUT2D eigenvalue weighted by atomic mass is 79.9. The smallest absolute Gasteiger partial charge is 0.344 e. The number of rotatable bonds is 6. The van der Waals surface area contributed by atoms with E-state index in [2.05, 4.69) is 15.9 Å². The maximum absolute atomic E-state index is 12.9. The van der Waals surface area contributed by atoms with Crippen molar-refractivity contribution < 1.29 is 33.3 Å².